The Morgan fingerprint density at radius 1 is 1.16 bits per heavy atom. The van der Waals surface area contributed by atoms with Crippen molar-refractivity contribution >= 4 is 23.3 Å². The molecule has 2 rings (SSSR count). The largest absolute Gasteiger partial charge is 0.495 e. The molecule has 8 heteroatoms. The lowest BCUT2D eigenvalue weighted by Crippen LogP contribution is -2.30. The Kier molecular flexibility index (Phi) is 5.67. The second-order valence-corrected chi connectivity index (χ2v) is 5.04. The van der Waals surface area contributed by atoms with Crippen molar-refractivity contribution in [3.63, 3.8) is 0 Å². The van der Waals surface area contributed by atoms with E-state index in [0.29, 0.717) is 11.4 Å². The van der Waals surface area contributed by atoms with Crippen LogP contribution in [0.5, 0.6) is 5.75 Å². The summed E-state index contributed by atoms with van der Waals surface area (Å²) in [6.07, 6.45) is -1.10. The van der Waals surface area contributed by atoms with Crippen LogP contribution in [0.25, 0.3) is 0 Å². The SMILES string of the molecule is COc1ccccc1NC(=O)C(C)OC(=O)c1cccc([N+](=O)[O-])c1. The zero-order valence-electron chi connectivity index (χ0n) is 13.6. The molecule has 0 bridgehead atoms. The van der Waals surface area contributed by atoms with Crippen molar-refractivity contribution in [2.75, 3.05) is 12.4 Å². The summed E-state index contributed by atoms with van der Waals surface area (Å²) in [5.74, 6) is -0.914. The molecule has 0 aliphatic rings. The zero-order chi connectivity index (χ0) is 18.4. The first-order valence-electron chi connectivity index (χ1n) is 7.31. The number of nitro groups is 1. The van der Waals surface area contributed by atoms with E-state index in [1.54, 1.807) is 24.3 Å². The number of benzene rings is 2. The van der Waals surface area contributed by atoms with Crippen LogP contribution >= 0.6 is 0 Å². The average molecular weight is 344 g/mol. The van der Waals surface area contributed by atoms with Crippen LogP contribution in [0, 0.1) is 10.1 Å². The van der Waals surface area contributed by atoms with Gasteiger partial charge in [-0.15, -0.1) is 0 Å². The lowest BCUT2D eigenvalue weighted by molar-refractivity contribution is -0.384. The second-order valence-electron chi connectivity index (χ2n) is 5.04. The van der Waals surface area contributed by atoms with Crippen molar-refractivity contribution in [1.82, 2.24) is 0 Å². The molecular formula is C17H16N2O6. The van der Waals surface area contributed by atoms with E-state index >= 15 is 0 Å². The van der Waals surface area contributed by atoms with Crippen molar-refractivity contribution in [1.29, 1.82) is 0 Å². The van der Waals surface area contributed by atoms with Gasteiger partial charge in [-0.3, -0.25) is 14.9 Å². The van der Waals surface area contributed by atoms with E-state index in [9.17, 15) is 19.7 Å². The number of carbonyl (C=O) groups is 2. The number of hydrogen-bond donors (Lipinski definition) is 1. The summed E-state index contributed by atoms with van der Waals surface area (Å²) in [5, 5.41) is 13.3. The van der Waals surface area contributed by atoms with Crippen molar-refractivity contribution in [2.45, 2.75) is 13.0 Å². The highest BCUT2D eigenvalue weighted by molar-refractivity contribution is 5.98. The van der Waals surface area contributed by atoms with Crippen LogP contribution in [0.3, 0.4) is 0 Å². The number of nitrogens with one attached hydrogen (secondary N) is 1. The minimum atomic E-state index is -1.10. The van der Waals surface area contributed by atoms with Gasteiger partial charge in [0.25, 0.3) is 11.6 Å². The van der Waals surface area contributed by atoms with Gasteiger partial charge < -0.3 is 14.8 Å². The highest BCUT2D eigenvalue weighted by Crippen LogP contribution is 2.23. The Morgan fingerprint density at radius 3 is 2.56 bits per heavy atom. The van der Waals surface area contributed by atoms with Crippen molar-refractivity contribution in [3.8, 4) is 5.75 Å². The highest BCUT2D eigenvalue weighted by atomic mass is 16.6. The van der Waals surface area contributed by atoms with E-state index < -0.39 is 22.9 Å². The number of non-ortho nitro benzene ring substituents is 1. The molecular weight excluding hydrogens is 328 g/mol. The molecule has 0 aliphatic heterocycles. The third-order valence-corrected chi connectivity index (χ3v) is 3.31. The predicted octanol–water partition coefficient (Wildman–Crippen LogP) is 2.79. The van der Waals surface area contributed by atoms with Crippen LogP contribution in [-0.2, 0) is 9.53 Å². The monoisotopic (exact) mass is 344 g/mol. The minimum Gasteiger partial charge on any atom is -0.495 e. The summed E-state index contributed by atoms with van der Waals surface area (Å²) >= 11 is 0. The van der Waals surface area contributed by atoms with Gasteiger partial charge in [-0.25, -0.2) is 4.79 Å². The average Bonchev–Trinajstić information content (AvgIpc) is 2.62. The highest BCUT2D eigenvalue weighted by Gasteiger charge is 2.21. The van der Waals surface area contributed by atoms with Crippen LogP contribution in [0.2, 0.25) is 0 Å². The van der Waals surface area contributed by atoms with Crippen molar-refractivity contribution in [3.05, 3.63) is 64.2 Å². The Balaban J connectivity index is 2.04. The first kappa shape index (κ1) is 17.9. The summed E-state index contributed by atoms with van der Waals surface area (Å²) in [5.41, 5.74) is 0.194. The molecule has 2 aromatic carbocycles. The van der Waals surface area contributed by atoms with Crippen molar-refractivity contribution < 1.29 is 24.0 Å². The number of carbonyl (C=O) groups excluding carboxylic acids is 2. The van der Waals surface area contributed by atoms with Gasteiger partial charge in [0.1, 0.15) is 5.75 Å². The number of anilines is 1. The molecule has 0 radical (unpaired) electrons. The number of methoxy groups -OCH3 is 1. The predicted molar refractivity (Wildman–Crippen MR) is 89.6 cm³/mol. The van der Waals surface area contributed by atoms with Gasteiger partial charge in [-0.05, 0) is 25.1 Å². The van der Waals surface area contributed by atoms with Gasteiger partial charge in [0.05, 0.1) is 23.3 Å². The molecule has 0 saturated heterocycles. The van der Waals surface area contributed by atoms with Gasteiger partial charge in [0.15, 0.2) is 6.10 Å². The van der Waals surface area contributed by atoms with E-state index in [1.807, 2.05) is 0 Å². The van der Waals surface area contributed by atoms with Gasteiger partial charge in [-0.1, -0.05) is 18.2 Å². The zero-order valence-corrected chi connectivity index (χ0v) is 13.6. The van der Waals surface area contributed by atoms with Crippen LogP contribution in [0.1, 0.15) is 17.3 Å². The smallest absolute Gasteiger partial charge is 0.339 e. The van der Waals surface area contributed by atoms with Crippen LogP contribution < -0.4 is 10.1 Å². The van der Waals surface area contributed by atoms with E-state index in [2.05, 4.69) is 5.32 Å². The number of ether oxygens (including phenoxy) is 2. The lowest BCUT2D eigenvalue weighted by Gasteiger charge is -2.15. The maximum atomic E-state index is 12.2. The summed E-state index contributed by atoms with van der Waals surface area (Å²) in [4.78, 5) is 34.4. The topological polar surface area (TPSA) is 108 Å². The fourth-order valence-corrected chi connectivity index (χ4v) is 2.01. The number of rotatable bonds is 6. The number of amides is 1. The summed E-state index contributed by atoms with van der Waals surface area (Å²) in [6.45, 7) is 1.40. The number of nitro benzene ring substituents is 1. The Bertz CT molecular complexity index is 805. The van der Waals surface area contributed by atoms with E-state index in [0.717, 1.165) is 6.07 Å². The molecule has 2 aromatic rings. The lowest BCUT2D eigenvalue weighted by atomic mass is 10.2. The maximum absolute atomic E-state index is 12.2. The molecule has 1 unspecified atom stereocenters. The van der Waals surface area contributed by atoms with Gasteiger partial charge in [-0.2, -0.15) is 0 Å². The van der Waals surface area contributed by atoms with Crippen LogP contribution in [0.4, 0.5) is 11.4 Å². The third kappa shape index (κ3) is 4.54. The number of para-hydroxylation sites is 2. The molecule has 8 nitrogen and oxygen atoms in total. The van der Waals surface area contributed by atoms with Crippen molar-refractivity contribution in [2.24, 2.45) is 0 Å². The fraction of sp³-hybridized carbons (Fsp3) is 0.176. The molecule has 0 aliphatic carbocycles. The molecule has 130 valence electrons. The molecule has 1 atom stereocenters. The molecule has 0 heterocycles. The molecule has 0 saturated carbocycles. The van der Waals surface area contributed by atoms with E-state index in [-0.39, 0.29) is 11.3 Å². The van der Waals surface area contributed by atoms with Crippen LogP contribution in [-0.4, -0.2) is 30.0 Å². The molecule has 25 heavy (non-hydrogen) atoms. The third-order valence-electron chi connectivity index (χ3n) is 3.31. The number of esters is 1. The normalized spacial score (nSPS) is 11.3. The first-order chi connectivity index (χ1) is 11.9. The molecule has 0 aromatic heterocycles. The number of hydrogen-bond acceptors (Lipinski definition) is 6. The summed E-state index contributed by atoms with van der Waals surface area (Å²) < 4.78 is 10.2. The molecule has 1 amide bonds. The maximum Gasteiger partial charge on any atom is 0.339 e. The summed E-state index contributed by atoms with van der Waals surface area (Å²) in [6, 6.07) is 11.9. The molecule has 1 N–H and O–H groups in total. The second kappa shape index (κ2) is 7.91. The van der Waals surface area contributed by atoms with E-state index in [4.69, 9.17) is 9.47 Å². The Hall–Kier alpha value is -3.42. The van der Waals surface area contributed by atoms with Crippen LogP contribution in [0.15, 0.2) is 48.5 Å². The summed E-state index contributed by atoms with van der Waals surface area (Å²) in [7, 11) is 1.47. The van der Waals surface area contributed by atoms with E-state index in [1.165, 1.54) is 32.2 Å². The standard InChI is InChI=1S/C17H16N2O6/c1-11(16(20)18-14-8-3-4-9-15(14)24-2)25-17(21)12-6-5-7-13(10-12)19(22)23/h3-11H,1-2H3,(H,18,20). The molecule has 0 fully saturated rings. The van der Waals surface area contributed by atoms with Gasteiger partial charge in [0.2, 0.25) is 0 Å². The minimum absolute atomic E-state index is 0.00820. The molecule has 0 spiro atoms. The fourth-order valence-electron chi connectivity index (χ4n) is 2.01. The van der Waals surface area contributed by atoms with Gasteiger partial charge in [0, 0.05) is 12.1 Å². The quantitative estimate of drug-likeness (QED) is 0.490. The Morgan fingerprint density at radius 2 is 1.88 bits per heavy atom. The first-order valence-corrected chi connectivity index (χ1v) is 7.31. The Labute approximate surface area is 143 Å². The number of nitrogens with zero attached hydrogens (tertiary/aromatic N) is 1. The van der Waals surface area contributed by atoms with Gasteiger partial charge >= 0.3 is 5.97 Å².